The summed E-state index contributed by atoms with van der Waals surface area (Å²) >= 11 is 3.59. The summed E-state index contributed by atoms with van der Waals surface area (Å²) in [5, 5.41) is 9.70. The van der Waals surface area contributed by atoms with E-state index in [2.05, 4.69) is 15.9 Å². The summed E-state index contributed by atoms with van der Waals surface area (Å²) in [6.07, 6.45) is 4.88. The van der Waals surface area contributed by atoms with Crippen molar-refractivity contribution in [2.24, 2.45) is 0 Å². The second-order valence-corrected chi connectivity index (χ2v) is 6.87. The average molecular weight is 343 g/mol. The smallest absolute Gasteiger partial charge is 0.166 e. The van der Waals surface area contributed by atoms with E-state index in [0.29, 0.717) is 0 Å². The number of hydrogen-bond acceptors (Lipinski definition) is 3. The van der Waals surface area contributed by atoms with E-state index in [9.17, 15) is 5.11 Å². The molecule has 1 aromatic rings. The molecule has 1 aliphatic carbocycles. The second-order valence-electron chi connectivity index (χ2n) is 6.02. The van der Waals surface area contributed by atoms with Gasteiger partial charge >= 0.3 is 0 Å². The molecule has 0 heterocycles. The first kappa shape index (κ1) is 15.6. The van der Waals surface area contributed by atoms with Crippen molar-refractivity contribution in [1.29, 1.82) is 0 Å². The van der Waals surface area contributed by atoms with Crippen LogP contribution in [0.1, 0.15) is 45.1 Å². The molecule has 0 bridgehead atoms. The van der Waals surface area contributed by atoms with E-state index >= 15 is 0 Å². The van der Waals surface area contributed by atoms with Gasteiger partial charge < -0.3 is 14.6 Å². The number of benzene rings is 1. The Morgan fingerprint density at radius 2 is 1.95 bits per heavy atom. The lowest BCUT2D eigenvalue weighted by atomic mass is 9.84. The Hall–Kier alpha value is -0.740. The third-order valence-corrected chi connectivity index (χ3v) is 4.61. The second kappa shape index (κ2) is 6.35. The topological polar surface area (TPSA) is 38.7 Å². The van der Waals surface area contributed by atoms with Gasteiger partial charge in [-0.1, -0.05) is 29.8 Å². The molecule has 3 nitrogen and oxygen atoms in total. The zero-order valence-corrected chi connectivity index (χ0v) is 14.0. The van der Waals surface area contributed by atoms with Gasteiger partial charge in [0, 0.05) is 15.5 Å². The maximum absolute atomic E-state index is 9.70. The summed E-state index contributed by atoms with van der Waals surface area (Å²) in [7, 11) is 1.65. The first-order valence-corrected chi connectivity index (χ1v) is 7.93. The van der Waals surface area contributed by atoms with Gasteiger partial charge in [-0.2, -0.15) is 0 Å². The van der Waals surface area contributed by atoms with Gasteiger partial charge in [0.25, 0.3) is 0 Å². The van der Waals surface area contributed by atoms with Crippen LogP contribution in [0.4, 0.5) is 0 Å². The molecule has 2 rings (SSSR count). The molecule has 112 valence electrons. The van der Waals surface area contributed by atoms with Crippen LogP contribution < -0.4 is 9.47 Å². The predicted molar refractivity (Wildman–Crippen MR) is 83.7 cm³/mol. The molecule has 0 amide bonds. The normalized spacial score (nSPS) is 16.4. The van der Waals surface area contributed by atoms with E-state index in [4.69, 9.17) is 9.47 Å². The number of ether oxygens (including phenoxy) is 2. The standard InChI is InChI=1S/C16H23BrO3/c1-16(2,10-18)14-12(17)8-9-13(19-3)15(14)20-11-6-4-5-7-11/h8-9,11,18H,4-7,10H2,1-3H3. The first-order chi connectivity index (χ1) is 9.49. The fourth-order valence-corrected chi connectivity index (χ4v) is 3.55. The van der Waals surface area contributed by atoms with Crippen LogP contribution in [0.5, 0.6) is 11.5 Å². The zero-order chi connectivity index (χ0) is 14.8. The zero-order valence-electron chi connectivity index (χ0n) is 12.4. The van der Waals surface area contributed by atoms with Crippen molar-refractivity contribution in [3.8, 4) is 11.5 Å². The maximum Gasteiger partial charge on any atom is 0.166 e. The van der Waals surface area contributed by atoms with Crippen LogP contribution in [0.25, 0.3) is 0 Å². The molecule has 1 saturated carbocycles. The minimum atomic E-state index is -0.388. The fourth-order valence-electron chi connectivity index (χ4n) is 2.70. The van der Waals surface area contributed by atoms with Crippen LogP contribution in [0.2, 0.25) is 0 Å². The van der Waals surface area contributed by atoms with Gasteiger partial charge in [0.15, 0.2) is 11.5 Å². The lowest BCUT2D eigenvalue weighted by Gasteiger charge is -2.29. The van der Waals surface area contributed by atoms with E-state index < -0.39 is 0 Å². The molecular formula is C16H23BrO3. The van der Waals surface area contributed by atoms with Crippen LogP contribution in [0, 0.1) is 0 Å². The number of aliphatic hydroxyl groups is 1. The molecule has 0 aromatic heterocycles. The van der Waals surface area contributed by atoms with Crippen LogP contribution in [-0.4, -0.2) is 24.9 Å². The van der Waals surface area contributed by atoms with Crippen molar-refractivity contribution in [1.82, 2.24) is 0 Å². The van der Waals surface area contributed by atoms with Crippen molar-refractivity contribution >= 4 is 15.9 Å². The number of hydrogen-bond donors (Lipinski definition) is 1. The SMILES string of the molecule is COc1ccc(Br)c(C(C)(C)CO)c1OC1CCCC1. The Bertz CT molecular complexity index is 465. The van der Waals surface area contributed by atoms with E-state index in [1.165, 1.54) is 12.8 Å². The molecule has 1 fully saturated rings. The van der Waals surface area contributed by atoms with Crippen LogP contribution in [0.15, 0.2) is 16.6 Å². The summed E-state index contributed by atoms with van der Waals surface area (Å²) in [5.74, 6) is 1.50. The summed E-state index contributed by atoms with van der Waals surface area (Å²) < 4.78 is 12.6. The number of halogens is 1. The number of rotatable bonds is 5. The van der Waals surface area contributed by atoms with Crippen LogP contribution in [-0.2, 0) is 5.41 Å². The van der Waals surface area contributed by atoms with Gasteiger partial charge in [0.2, 0.25) is 0 Å². The molecule has 1 N–H and O–H groups in total. The third-order valence-electron chi connectivity index (χ3n) is 3.95. The Labute approximate surface area is 129 Å². The Morgan fingerprint density at radius 1 is 1.30 bits per heavy atom. The number of methoxy groups -OCH3 is 1. The van der Waals surface area contributed by atoms with Crippen molar-refractivity contribution in [2.75, 3.05) is 13.7 Å². The maximum atomic E-state index is 9.70. The lowest BCUT2D eigenvalue weighted by molar-refractivity contribution is 0.181. The molecule has 0 aliphatic heterocycles. The molecule has 0 spiro atoms. The largest absolute Gasteiger partial charge is 0.493 e. The van der Waals surface area contributed by atoms with Gasteiger partial charge in [-0.05, 0) is 37.8 Å². The molecule has 0 saturated heterocycles. The van der Waals surface area contributed by atoms with Gasteiger partial charge in [-0.3, -0.25) is 0 Å². The Kier molecular flexibility index (Phi) is 4.97. The molecule has 0 atom stereocenters. The Balaban J connectivity index is 2.46. The highest BCUT2D eigenvalue weighted by Gasteiger charge is 2.30. The Morgan fingerprint density at radius 3 is 2.50 bits per heavy atom. The summed E-state index contributed by atoms with van der Waals surface area (Å²) in [4.78, 5) is 0. The highest BCUT2D eigenvalue weighted by molar-refractivity contribution is 9.10. The monoisotopic (exact) mass is 342 g/mol. The fraction of sp³-hybridized carbons (Fsp3) is 0.625. The van der Waals surface area contributed by atoms with Gasteiger partial charge in [0.1, 0.15) is 0 Å². The molecular weight excluding hydrogens is 320 g/mol. The average Bonchev–Trinajstić information content (AvgIpc) is 2.92. The highest BCUT2D eigenvalue weighted by atomic mass is 79.9. The molecule has 0 radical (unpaired) electrons. The molecule has 4 heteroatoms. The van der Waals surface area contributed by atoms with E-state index in [1.54, 1.807) is 7.11 Å². The summed E-state index contributed by atoms with van der Waals surface area (Å²) in [5.41, 5.74) is 0.590. The summed E-state index contributed by atoms with van der Waals surface area (Å²) in [6.45, 7) is 4.07. The third kappa shape index (κ3) is 3.12. The minimum absolute atomic E-state index is 0.0554. The van der Waals surface area contributed by atoms with Crippen molar-refractivity contribution in [2.45, 2.75) is 51.0 Å². The first-order valence-electron chi connectivity index (χ1n) is 7.14. The van der Waals surface area contributed by atoms with E-state index in [1.807, 2.05) is 26.0 Å². The van der Waals surface area contributed by atoms with Crippen molar-refractivity contribution in [3.63, 3.8) is 0 Å². The van der Waals surface area contributed by atoms with Crippen LogP contribution >= 0.6 is 15.9 Å². The van der Waals surface area contributed by atoms with E-state index in [-0.39, 0.29) is 18.1 Å². The summed E-state index contributed by atoms with van der Waals surface area (Å²) in [6, 6.07) is 3.86. The molecule has 1 aromatic carbocycles. The van der Waals surface area contributed by atoms with Crippen LogP contribution in [0.3, 0.4) is 0 Å². The van der Waals surface area contributed by atoms with Crippen molar-refractivity contribution in [3.05, 3.63) is 22.2 Å². The van der Waals surface area contributed by atoms with Gasteiger partial charge in [-0.15, -0.1) is 0 Å². The predicted octanol–water partition coefficient (Wildman–Crippen LogP) is 4.05. The quantitative estimate of drug-likeness (QED) is 0.877. The highest BCUT2D eigenvalue weighted by Crippen LogP contribution is 2.44. The molecule has 0 unspecified atom stereocenters. The van der Waals surface area contributed by atoms with E-state index in [0.717, 1.165) is 34.4 Å². The lowest BCUT2D eigenvalue weighted by Crippen LogP contribution is -2.25. The number of aliphatic hydroxyl groups excluding tert-OH is 1. The molecule has 1 aliphatic rings. The molecule has 20 heavy (non-hydrogen) atoms. The van der Waals surface area contributed by atoms with Crippen molar-refractivity contribution < 1.29 is 14.6 Å². The van der Waals surface area contributed by atoms with Gasteiger partial charge in [0.05, 0.1) is 19.8 Å². The minimum Gasteiger partial charge on any atom is -0.493 e. The van der Waals surface area contributed by atoms with Gasteiger partial charge in [-0.25, -0.2) is 0 Å².